The Morgan fingerprint density at radius 3 is 2.33 bits per heavy atom. The standard InChI is InChI=1S/C22H37N3O2/c1-4-5-6-7-8-9-10-11-21(26)24-14-12-20(13-15-24)25-17-19(16-23-25)22(27)18(2)3/h16-18,20H,4-15H2,1-3H3. The summed E-state index contributed by atoms with van der Waals surface area (Å²) in [5, 5.41) is 4.40. The predicted octanol–water partition coefficient (Wildman–Crippen LogP) is 5.03. The van der Waals surface area contributed by atoms with Crippen molar-refractivity contribution in [3.63, 3.8) is 0 Å². The van der Waals surface area contributed by atoms with Crippen LogP contribution in [0.15, 0.2) is 12.4 Å². The molecule has 1 amide bonds. The molecule has 1 saturated heterocycles. The number of likely N-dealkylation sites (tertiary alicyclic amines) is 1. The summed E-state index contributed by atoms with van der Waals surface area (Å²) in [7, 11) is 0. The molecule has 0 N–H and O–H groups in total. The maximum absolute atomic E-state index is 12.4. The molecule has 1 fully saturated rings. The molecule has 0 atom stereocenters. The highest BCUT2D eigenvalue weighted by atomic mass is 16.2. The Hall–Kier alpha value is -1.65. The van der Waals surface area contributed by atoms with Crippen LogP contribution in [-0.2, 0) is 4.79 Å². The van der Waals surface area contributed by atoms with Crippen molar-refractivity contribution in [1.29, 1.82) is 0 Å². The van der Waals surface area contributed by atoms with Gasteiger partial charge < -0.3 is 4.90 Å². The molecular weight excluding hydrogens is 338 g/mol. The first-order valence-corrected chi connectivity index (χ1v) is 10.9. The number of hydrogen-bond donors (Lipinski definition) is 0. The van der Waals surface area contributed by atoms with Gasteiger partial charge in [-0.1, -0.05) is 59.3 Å². The van der Waals surface area contributed by atoms with Crippen LogP contribution in [0.4, 0.5) is 0 Å². The van der Waals surface area contributed by atoms with Gasteiger partial charge in [-0.2, -0.15) is 5.10 Å². The topological polar surface area (TPSA) is 55.2 Å². The van der Waals surface area contributed by atoms with Crippen LogP contribution < -0.4 is 0 Å². The summed E-state index contributed by atoms with van der Waals surface area (Å²) < 4.78 is 1.92. The number of rotatable bonds is 11. The molecule has 0 spiro atoms. The Balaban J connectivity index is 1.67. The predicted molar refractivity (Wildman–Crippen MR) is 109 cm³/mol. The van der Waals surface area contributed by atoms with E-state index in [0.29, 0.717) is 23.9 Å². The van der Waals surface area contributed by atoms with Gasteiger partial charge in [0.1, 0.15) is 0 Å². The van der Waals surface area contributed by atoms with Crippen LogP contribution in [0.5, 0.6) is 0 Å². The quantitative estimate of drug-likeness (QED) is 0.403. The number of ketones is 1. The maximum atomic E-state index is 12.4. The zero-order valence-corrected chi connectivity index (χ0v) is 17.5. The monoisotopic (exact) mass is 375 g/mol. The molecule has 0 radical (unpaired) electrons. The van der Waals surface area contributed by atoms with Gasteiger partial charge in [-0.05, 0) is 19.3 Å². The average Bonchev–Trinajstić information content (AvgIpc) is 3.16. The van der Waals surface area contributed by atoms with Gasteiger partial charge in [-0.25, -0.2) is 0 Å². The van der Waals surface area contributed by atoms with Crippen molar-refractivity contribution in [3.05, 3.63) is 18.0 Å². The second kappa shape index (κ2) is 11.3. The summed E-state index contributed by atoms with van der Waals surface area (Å²) in [6.45, 7) is 7.66. The summed E-state index contributed by atoms with van der Waals surface area (Å²) >= 11 is 0. The minimum absolute atomic E-state index is 0.00577. The van der Waals surface area contributed by atoms with Crippen LogP contribution in [0.3, 0.4) is 0 Å². The highest BCUT2D eigenvalue weighted by molar-refractivity contribution is 5.96. The van der Waals surface area contributed by atoms with E-state index in [9.17, 15) is 9.59 Å². The summed E-state index contributed by atoms with van der Waals surface area (Å²) in [4.78, 5) is 26.5. The summed E-state index contributed by atoms with van der Waals surface area (Å²) in [6, 6.07) is 0.293. The van der Waals surface area contributed by atoms with E-state index in [1.807, 2.05) is 29.6 Å². The van der Waals surface area contributed by atoms with Gasteiger partial charge in [0, 0.05) is 31.6 Å². The van der Waals surface area contributed by atoms with Gasteiger partial charge in [0.25, 0.3) is 0 Å². The molecule has 0 aromatic carbocycles. The number of amides is 1. The summed E-state index contributed by atoms with van der Waals surface area (Å²) in [5.74, 6) is 0.440. The van der Waals surface area contributed by atoms with Crippen molar-refractivity contribution in [2.45, 2.75) is 91.0 Å². The number of carbonyl (C=O) groups excluding carboxylic acids is 2. The first-order chi connectivity index (χ1) is 13.0. The highest BCUT2D eigenvalue weighted by Gasteiger charge is 2.24. The molecule has 0 aliphatic carbocycles. The summed E-state index contributed by atoms with van der Waals surface area (Å²) in [6.07, 6.45) is 14.8. The van der Waals surface area contributed by atoms with Crippen molar-refractivity contribution in [2.24, 2.45) is 5.92 Å². The lowest BCUT2D eigenvalue weighted by Gasteiger charge is -2.32. The number of hydrogen-bond acceptors (Lipinski definition) is 3. The normalized spacial score (nSPS) is 15.5. The molecule has 1 aromatic heterocycles. The Morgan fingerprint density at radius 2 is 1.70 bits per heavy atom. The number of piperidine rings is 1. The zero-order valence-electron chi connectivity index (χ0n) is 17.5. The minimum Gasteiger partial charge on any atom is -0.343 e. The van der Waals surface area contributed by atoms with E-state index >= 15 is 0 Å². The van der Waals surface area contributed by atoms with Crippen molar-refractivity contribution in [2.75, 3.05) is 13.1 Å². The lowest BCUT2D eigenvalue weighted by atomic mass is 10.0. The molecule has 27 heavy (non-hydrogen) atoms. The molecule has 1 aromatic rings. The molecule has 0 saturated carbocycles. The largest absolute Gasteiger partial charge is 0.343 e. The molecule has 1 aliphatic rings. The second-order valence-electron chi connectivity index (χ2n) is 8.21. The fourth-order valence-corrected chi connectivity index (χ4v) is 3.77. The lowest BCUT2D eigenvalue weighted by Crippen LogP contribution is -2.39. The lowest BCUT2D eigenvalue weighted by molar-refractivity contribution is -0.132. The van der Waals surface area contributed by atoms with E-state index in [1.165, 1.54) is 38.5 Å². The van der Waals surface area contributed by atoms with Gasteiger partial charge >= 0.3 is 0 Å². The van der Waals surface area contributed by atoms with Gasteiger partial charge in [0.05, 0.1) is 17.8 Å². The molecule has 0 bridgehead atoms. The van der Waals surface area contributed by atoms with E-state index in [-0.39, 0.29) is 11.7 Å². The van der Waals surface area contributed by atoms with E-state index in [1.54, 1.807) is 6.20 Å². The molecular formula is C22H37N3O2. The maximum Gasteiger partial charge on any atom is 0.222 e. The van der Waals surface area contributed by atoms with Crippen LogP contribution in [0.25, 0.3) is 0 Å². The fraction of sp³-hybridized carbons (Fsp3) is 0.773. The number of Topliss-reactive ketones (excluding diaryl/α,β-unsaturated/α-hetero) is 1. The molecule has 2 rings (SSSR count). The van der Waals surface area contributed by atoms with Crippen LogP contribution in [0.1, 0.15) is 101 Å². The highest BCUT2D eigenvalue weighted by Crippen LogP contribution is 2.23. The van der Waals surface area contributed by atoms with Crippen molar-refractivity contribution in [3.8, 4) is 0 Å². The third-order valence-electron chi connectivity index (χ3n) is 5.60. The fourth-order valence-electron chi connectivity index (χ4n) is 3.77. The molecule has 152 valence electrons. The van der Waals surface area contributed by atoms with E-state index < -0.39 is 0 Å². The number of nitrogens with zero attached hydrogens (tertiary/aromatic N) is 3. The molecule has 5 nitrogen and oxygen atoms in total. The Labute approximate surface area is 164 Å². The van der Waals surface area contributed by atoms with Crippen LogP contribution in [0.2, 0.25) is 0 Å². The van der Waals surface area contributed by atoms with Gasteiger partial charge in [0.2, 0.25) is 5.91 Å². The zero-order chi connectivity index (χ0) is 19.6. The Kier molecular flexibility index (Phi) is 9.02. The third kappa shape index (κ3) is 6.78. The first-order valence-electron chi connectivity index (χ1n) is 10.9. The van der Waals surface area contributed by atoms with Gasteiger partial charge in [-0.15, -0.1) is 0 Å². The molecule has 0 unspecified atom stereocenters. The molecule has 5 heteroatoms. The smallest absolute Gasteiger partial charge is 0.222 e. The van der Waals surface area contributed by atoms with Crippen LogP contribution in [0, 0.1) is 5.92 Å². The number of carbonyl (C=O) groups is 2. The Bertz CT molecular complexity index is 586. The molecule has 1 aliphatic heterocycles. The number of unbranched alkanes of at least 4 members (excludes halogenated alkanes) is 6. The van der Waals surface area contributed by atoms with Gasteiger partial charge in [-0.3, -0.25) is 14.3 Å². The third-order valence-corrected chi connectivity index (χ3v) is 5.60. The first kappa shape index (κ1) is 21.6. The van der Waals surface area contributed by atoms with Crippen LogP contribution >= 0.6 is 0 Å². The number of aromatic nitrogens is 2. The SMILES string of the molecule is CCCCCCCCCC(=O)N1CCC(n2cc(C(=O)C(C)C)cn2)CC1. The summed E-state index contributed by atoms with van der Waals surface area (Å²) in [5.41, 5.74) is 0.697. The van der Waals surface area contributed by atoms with Gasteiger partial charge in [0.15, 0.2) is 5.78 Å². The van der Waals surface area contributed by atoms with Crippen molar-refractivity contribution >= 4 is 11.7 Å². The van der Waals surface area contributed by atoms with Crippen molar-refractivity contribution in [1.82, 2.24) is 14.7 Å². The van der Waals surface area contributed by atoms with E-state index in [0.717, 1.165) is 32.4 Å². The van der Waals surface area contributed by atoms with E-state index in [4.69, 9.17) is 0 Å². The van der Waals surface area contributed by atoms with Crippen LogP contribution in [-0.4, -0.2) is 39.5 Å². The van der Waals surface area contributed by atoms with E-state index in [2.05, 4.69) is 12.0 Å². The van der Waals surface area contributed by atoms with Crippen molar-refractivity contribution < 1.29 is 9.59 Å². The Morgan fingerprint density at radius 1 is 1.07 bits per heavy atom. The molecule has 2 heterocycles. The minimum atomic E-state index is -0.00577. The second-order valence-corrected chi connectivity index (χ2v) is 8.21. The average molecular weight is 376 g/mol.